The van der Waals surface area contributed by atoms with Crippen LogP contribution in [0.25, 0.3) is 0 Å². The summed E-state index contributed by atoms with van der Waals surface area (Å²) in [6, 6.07) is 0. The SMILES string of the molecule is CCN(CC1CCOC1)C1(CN)CCCCCC1. The van der Waals surface area contributed by atoms with Crippen LogP contribution in [0, 0.1) is 5.92 Å². The van der Waals surface area contributed by atoms with Crippen LogP contribution in [-0.2, 0) is 4.74 Å². The van der Waals surface area contributed by atoms with Crippen molar-refractivity contribution in [1.82, 2.24) is 4.90 Å². The molecule has 0 amide bonds. The van der Waals surface area contributed by atoms with Gasteiger partial charge in [0.15, 0.2) is 0 Å². The largest absolute Gasteiger partial charge is 0.381 e. The van der Waals surface area contributed by atoms with Crippen LogP contribution in [0.1, 0.15) is 51.9 Å². The zero-order valence-electron chi connectivity index (χ0n) is 12.0. The quantitative estimate of drug-likeness (QED) is 0.766. The highest BCUT2D eigenvalue weighted by atomic mass is 16.5. The molecule has 1 heterocycles. The molecule has 106 valence electrons. The number of nitrogens with zero attached hydrogens (tertiary/aromatic N) is 1. The summed E-state index contributed by atoms with van der Waals surface area (Å²) in [6.45, 7) is 7.35. The zero-order valence-corrected chi connectivity index (χ0v) is 12.0. The molecule has 0 aromatic carbocycles. The van der Waals surface area contributed by atoms with E-state index < -0.39 is 0 Å². The van der Waals surface area contributed by atoms with Crippen LogP contribution in [0.5, 0.6) is 0 Å². The van der Waals surface area contributed by atoms with Gasteiger partial charge in [-0.2, -0.15) is 0 Å². The van der Waals surface area contributed by atoms with E-state index in [1.165, 1.54) is 51.5 Å². The fraction of sp³-hybridized carbons (Fsp3) is 1.00. The Bertz CT molecular complexity index is 231. The Labute approximate surface area is 112 Å². The van der Waals surface area contributed by atoms with E-state index in [1.54, 1.807) is 0 Å². The van der Waals surface area contributed by atoms with Gasteiger partial charge >= 0.3 is 0 Å². The van der Waals surface area contributed by atoms with Crippen LogP contribution < -0.4 is 5.73 Å². The maximum atomic E-state index is 6.19. The van der Waals surface area contributed by atoms with Gasteiger partial charge in [-0.3, -0.25) is 4.90 Å². The molecular formula is C15H30N2O. The Morgan fingerprint density at radius 3 is 2.44 bits per heavy atom. The fourth-order valence-electron chi connectivity index (χ4n) is 3.73. The smallest absolute Gasteiger partial charge is 0.0507 e. The van der Waals surface area contributed by atoms with Crippen LogP contribution >= 0.6 is 0 Å². The lowest BCUT2D eigenvalue weighted by molar-refractivity contribution is 0.0628. The second-order valence-electron chi connectivity index (χ2n) is 6.11. The number of likely N-dealkylation sites (N-methyl/N-ethyl adjacent to an activating group) is 1. The van der Waals surface area contributed by atoms with Gasteiger partial charge in [-0.15, -0.1) is 0 Å². The summed E-state index contributed by atoms with van der Waals surface area (Å²) in [7, 11) is 0. The third-order valence-corrected chi connectivity index (χ3v) is 4.97. The van der Waals surface area contributed by atoms with Gasteiger partial charge in [0.25, 0.3) is 0 Å². The van der Waals surface area contributed by atoms with Crippen molar-refractivity contribution in [1.29, 1.82) is 0 Å². The molecule has 0 aromatic heterocycles. The highest BCUT2D eigenvalue weighted by Crippen LogP contribution is 2.33. The average Bonchev–Trinajstić information content (AvgIpc) is 2.79. The molecule has 2 fully saturated rings. The van der Waals surface area contributed by atoms with Gasteiger partial charge in [-0.25, -0.2) is 0 Å². The number of nitrogens with two attached hydrogens (primary N) is 1. The molecule has 1 aliphatic heterocycles. The van der Waals surface area contributed by atoms with E-state index in [4.69, 9.17) is 10.5 Å². The lowest BCUT2D eigenvalue weighted by atomic mass is 9.87. The normalized spacial score (nSPS) is 28.5. The van der Waals surface area contributed by atoms with Gasteiger partial charge in [0.1, 0.15) is 0 Å². The van der Waals surface area contributed by atoms with Crippen molar-refractivity contribution in [3.63, 3.8) is 0 Å². The molecule has 3 heteroatoms. The molecule has 1 atom stereocenters. The molecule has 2 aliphatic rings. The lowest BCUT2D eigenvalue weighted by Gasteiger charge is -2.44. The molecular weight excluding hydrogens is 224 g/mol. The molecule has 1 saturated carbocycles. The summed E-state index contributed by atoms with van der Waals surface area (Å²) >= 11 is 0. The van der Waals surface area contributed by atoms with Gasteiger partial charge in [-0.1, -0.05) is 32.6 Å². The number of ether oxygens (including phenoxy) is 1. The third kappa shape index (κ3) is 3.25. The zero-order chi connectivity index (χ0) is 12.8. The van der Waals surface area contributed by atoms with E-state index in [1.807, 2.05) is 0 Å². The first-order valence-corrected chi connectivity index (χ1v) is 7.83. The van der Waals surface area contributed by atoms with Gasteiger partial charge < -0.3 is 10.5 Å². The minimum atomic E-state index is 0.286. The monoisotopic (exact) mass is 254 g/mol. The van der Waals surface area contributed by atoms with Crippen molar-refractivity contribution < 1.29 is 4.74 Å². The highest BCUT2D eigenvalue weighted by Gasteiger charge is 2.36. The van der Waals surface area contributed by atoms with Crippen LogP contribution in [0.4, 0.5) is 0 Å². The molecule has 3 nitrogen and oxygen atoms in total. The van der Waals surface area contributed by atoms with Crippen LogP contribution in [0.3, 0.4) is 0 Å². The minimum Gasteiger partial charge on any atom is -0.381 e. The van der Waals surface area contributed by atoms with E-state index in [0.29, 0.717) is 0 Å². The predicted octanol–water partition coefficient (Wildman–Crippen LogP) is 2.40. The Balaban J connectivity index is 2.01. The molecule has 1 unspecified atom stereocenters. The topological polar surface area (TPSA) is 38.5 Å². The van der Waals surface area contributed by atoms with Crippen molar-refractivity contribution in [3.05, 3.63) is 0 Å². The predicted molar refractivity (Wildman–Crippen MR) is 75.7 cm³/mol. The van der Waals surface area contributed by atoms with Crippen LogP contribution in [0.15, 0.2) is 0 Å². The first kappa shape index (κ1) is 14.3. The van der Waals surface area contributed by atoms with Crippen LogP contribution in [-0.4, -0.2) is 43.3 Å². The molecule has 1 saturated heterocycles. The summed E-state index contributed by atoms with van der Waals surface area (Å²) in [4.78, 5) is 2.68. The molecule has 18 heavy (non-hydrogen) atoms. The van der Waals surface area contributed by atoms with Crippen molar-refractivity contribution in [2.45, 2.75) is 57.4 Å². The molecule has 2 N–H and O–H groups in total. The van der Waals surface area contributed by atoms with E-state index in [-0.39, 0.29) is 5.54 Å². The minimum absolute atomic E-state index is 0.286. The first-order chi connectivity index (χ1) is 8.80. The third-order valence-electron chi connectivity index (χ3n) is 4.97. The van der Waals surface area contributed by atoms with Gasteiger partial charge in [0.05, 0.1) is 6.61 Å². The van der Waals surface area contributed by atoms with Crippen LogP contribution in [0.2, 0.25) is 0 Å². The molecule has 0 radical (unpaired) electrons. The number of hydrogen-bond acceptors (Lipinski definition) is 3. The Hall–Kier alpha value is -0.120. The summed E-state index contributed by atoms with van der Waals surface area (Å²) < 4.78 is 5.52. The molecule has 1 aliphatic carbocycles. The van der Waals surface area contributed by atoms with Crippen molar-refractivity contribution in [2.75, 3.05) is 32.8 Å². The molecule has 0 spiro atoms. The second kappa shape index (κ2) is 6.88. The second-order valence-corrected chi connectivity index (χ2v) is 6.11. The Morgan fingerprint density at radius 1 is 1.22 bits per heavy atom. The van der Waals surface area contributed by atoms with E-state index >= 15 is 0 Å². The highest BCUT2D eigenvalue weighted by molar-refractivity contribution is 4.93. The molecule has 2 rings (SSSR count). The van der Waals surface area contributed by atoms with Crippen molar-refractivity contribution >= 4 is 0 Å². The van der Waals surface area contributed by atoms with Crippen molar-refractivity contribution in [3.8, 4) is 0 Å². The first-order valence-electron chi connectivity index (χ1n) is 7.83. The van der Waals surface area contributed by atoms with E-state index in [2.05, 4.69) is 11.8 Å². The van der Waals surface area contributed by atoms with E-state index in [0.717, 1.165) is 32.2 Å². The maximum Gasteiger partial charge on any atom is 0.0507 e. The fourth-order valence-corrected chi connectivity index (χ4v) is 3.73. The summed E-state index contributed by atoms with van der Waals surface area (Å²) in [5, 5.41) is 0. The average molecular weight is 254 g/mol. The number of hydrogen-bond donors (Lipinski definition) is 1. The Kier molecular flexibility index (Phi) is 5.46. The maximum absolute atomic E-state index is 6.19. The van der Waals surface area contributed by atoms with Crippen molar-refractivity contribution in [2.24, 2.45) is 11.7 Å². The van der Waals surface area contributed by atoms with E-state index in [9.17, 15) is 0 Å². The summed E-state index contributed by atoms with van der Waals surface area (Å²) in [6.07, 6.45) is 9.33. The standard InChI is InChI=1S/C15H30N2O/c1-2-17(11-14-7-10-18-12-14)15(13-16)8-5-3-4-6-9-15/h14H,2-13,16H2,1H3. The van der Waals surface area contributed by atoms with Gasteiger partial charge in [0.2, 0.25) is 0 Å². The number of rotatable bonds is 5. The van der Waals surface area contributed by atoms with Gasteiger partial charge in [-0.05, 0) is 31.7 Å². The lowest BCUT2D eigenvalue weighted by Crippen LogP contribution is -2.55. The summed E-state index contributed by atoms with van der Waals surface area (Å²) in [5.41, 5.74) is 6.47. The van der Waals surface area contributed by atoms with Gasteiger partial charge in [0, 0.05) is 25.2 Å². The molecule has 0 aromatic rings. The Morgan fingerprint density at radius 2 is 1.94 bits per heavy atom. The summed E-state index contributed by atoms with van der Waals surface area (Å²) in [5.74, 6) is 0.733. The molecule has 0 bridgehead atoms.